The van der Waals surface area contributed by atoms with E-state index in [1.807, 2.05) is 0 Å². The van der Waals surface area contributed by atoms with Crippen LogP contribution < -0.4 is 4.90 Å². The molecule has 0 atom stereocenters. The van der Waals surface area contributed by atoms with Crippen LogP contribution in [0.25, 0.3) is 0 Å². The molecule has 0 aromatic heterocycles. The fourth-order valence-corrected chi connectivity index (χ4v) is 3.32. The van der Waals surface area contributed by atoms with Crippen molar-refractivity contribution >= 4 is 5.69 Å². The summed E-state index contributed by atoms with van der Waals surface area (Å²) in [6, 6.07) is 8.82. The van der Waals surface area contributed by atoms with E-state index in [9.17, 15) is 5.11 Å². The van der Waals surface area contributed by atoms with Gasteiger partial charge in [-0.1, -0.05) is 38.8 Å². The van der Waals surface area contributed by atoms with Gasteiger partial charge < -0.3 is 10.0 Å². The van der Waals surface area contributed by atoms with Gasteiger partial charge in [-0.3, -0.25) is 0 Å². The maximum atomic E-state index is 9.88. The number of hydrogen-bond acceptors (Lipinski definition) is 2. The fourth-order valence-electron chi connectivity index (χ4n) is 3.32. The van der Waals surface area contributed by atoms with Gasteiger partial charge in [-0.05, 0) is 42.9 Å². The van der Waals surface area contributed by atoms with E-state index in [-0.39, 0.29) is 5.41 Å². The molecule has 0 radical (unpaired) electrons. The van der Waals surface area contributed by atoms with Crippen molar-refractivity contribution in [2.45, 2.75) is 46.0 Å². The molecule has 112 valence electrons. The van der Waals surface area contributed by atoms with Crippen LogP contribution in [0, 0.1) is 11.3 Å². The molecule has 1 aliphatic carbocycles. The molecular formula is C18H29NO. The first-order valence-corrected chi connectivity index (χ1v) is 7.99. The molecule has 1 saturated carbocycles. The van der Waals surface area contributed by atoms with Crippen LogP contribution in [0.5, 0.6) is 0 Å². The van der Waals surface area contributed by atoms with Crippen LogP contribution in [-0.2, 0) is 6.42 Å². The van der Waals surface area contributed by atoms with Crippen molar-refractivity contribution in [2.24, 2.45) is 11.3 Å². The average Bonchev–Trinajstić information content (AvgIpc) is 2.50. The largest absolute Gasteiger partial charge is 0.396 e. The molecule has 0 heterocycles. The van der Waals surface area contributed by atoms with Crippen LogP contribution in [-0.4, -0.2) is 25.3 Å². The Bertz CT molecular complexity index is 404. The smallest absolute Gasteiger partial charge is 0.0504 e. The van der Waals surface area contributed by atoms with Crippen molar-refractivity contribution in [3.63, 3.8) is 0 Å². The maximum absolute atomic E-state index is 9.88. The Balaban J connectivity index is 2.02. The number of rotatable bonds is 5. The summed E-state index contributed by atoms with van der Waals surface area (Å²) in [5.74, 6) is 0.823. The van der Waals surface area contributed by atoms with E-state index in [1.165, 1.54) is 24.1 Å². The number of benzene rings is 1. The molecule has 0 spiro atoms. The zero-order chi connectivity index (χ0) is 14.6. The number of anilines is 1. The van der Waals surface area contributed by atoms with Crippen molar-refractivity contribution < 1.29 is 5.11 Å². The van der Waals surface area contributed by atoms with Gasteiger partial charge >= 0.3 is 0 Å². The number of nitrogens with zero attached hydrogens (tertiary/aromatic N) is 1. The molecule has 1 fully saturated rings. The first-order valence-electron chi connectivity index (χ1n) is 7.99. The Morgan fingerprint density at radius 3 is 2.30 bits per heavy atom. The van der Waals surface area contributed by atoms with E-state index < -0.39 is 0 Å². The van der Waals surface area contributed by atoms with Crippen molar-refractivity contribution in [3.05, 3.63) is 29.8 Å². The van der Waals surface area contributed by atoms with Crippen LogP contribution in [0.4, 0.5) is 5.69 Å². The zero-order valence-corrected chi connectivity index (χ0v) is 13.2. The van der Waals surface area contributed by atoms with E-state index in [0.717, 1.165) is 31.7 Å². The monoisotopic (exact) mass is 275 g/mol. The predicted octanol–water partition coefficient (Wildman–Crippen LogP) is 3.87. The Kier molecular flexibility index (Phi) is 5.09. The van der Waals surface area contributed by atoms with Gasteiger partial charge in [0.05, 0.1) is 6.61 Å². The second kappa shape index (κ2) is 6.62. The fraction of sp³-hybridized carbons (Fsp3) is 0.667. The highest BCUT2D eigenvalue weighted by atomic mass is 16.3. The Morgan fingerprint density at radius 1 is 1.20 bits per heavy atom. The summed E-state index contributed by atoms with van der Waals surface area (Å²) in [6.07, 6.45) is 5.90. The lowest BCUT2D eigenvalue weighted by Gasteiger charge is -2.41. The lowest BCUT2D eigenvalue weighted by Crippen LogP contribution is -2.41. The molecule has 2 heteroatoms. The molecular weight excluding hydrogens is 246 g/mol. The van der Waals surface area contributed by atoms with Gasteiger partial charge in [0.1, 0.15) is 0 Å². The van der Waals surface area contributed by atoms with Gasteiger partial charge in [0.2, 0.25) is 0 Å². The minimum Gasteiger partial charge on any atom is -0.396 e. The molecule has 2 nitrogen and oxygen atoms in total. The molecule has 20 heavy (non-hydrogen) atoms. The molecule has 1 aromatic rings. The summed E-state index contributed by atoms with van der Waals surface area (Å²) in [6.45, 7) is 5.79. The number of aryl methyl sites for hydroxylation is 1. The number of aliphatic hydroxyl groups is 1. The Morgan fingerprint density at radius 2 is 1.80 bits per heavy atom. The SMILES string of the molecule is CCc1ccc(N(C)CC2(CO)CCC(C)CC2)cc1. The van der Waals surface area contributed by atoms with Crippen molar-refractivity contribution in [2.75, 3.05) is 25.1 Å². The molecule has 0 aliphatic heterocycles. The van der Waals surface area contributed by atoms with E-state index in [0.29, 0.717) is 6.61 Å². The summed E-state index contributed by atoms with van der Waals surface area (Å²) in [7, 11) is 2.15. The standard InChI is InChI=1S/C18H29NO/c1-4-16-5-7-17(8-6-16)19(3)13-18(14-20)11-9-15(2)10-12-18/h5-8,15,20H,4,9-14H2,1-3H3. The topological polar surface area (TPSA) is 23.5 Å². The Hall–Kier alpha value is -1.02. The predicted molar refractivity (Wildman–Crippen MR) is 86.2 cm³/mol. The van der Waals surface area contributed by atoms with Gasteiger partial charge in [0.15, 0.2) is 0 Å². The van der Waals surface area contributed by atoms with Gasteiger partial charge in [0.25, 0.3) is 0 Å². The van der Waals surface area contributed by atoms with Gasteiger partial charge in [0, 0.05) is 24.7 Å². The normalized spacial score (nSPS) is 26.5. The second-order valence-corrected chi connectivity index (χ2v) is 6.72. The molecule has 2 rings (SSSR count). The van der Waals surface area contributed by atoms with Crippen LogP contribution in [0.3, 0.4) is 0 Å². The highest BCUT2D eigenvalue weighted by molar-refractivity contribution is 5.47. The third kappa shape index (κ3) is 3.54. The Labute approximate surface area is 123 Å². The third-order valence-electron chi connectivity index (χ3n) is 5.03. The second-order valence-electron chi connectivity index (χ2n) is 6.72. The van der Waals surface area contributed by atoms with E-state index in [2.05, 4.69) is 50.1 Å². The average molecular weight is 275 g/mol. The number of aliphatic hydroxyl groups excluding tert-OH is 1. The minimum absolute atomic E-state index is 0.102. The zero-order valence-electron chi connectivity index (χ0n) is 13.2. The molecule has 0 bridgehead atoms. The first-order chi connectivity index (χ1) is 9.58. The van der Waals surface area contributed by atoms with E-state index in [1.54, 1.807) is 0 Å². The van der Waals surface area contributed by atoms with Crippen LogP contribution in [0.15, 0.2) is 24.3 Å². The van der Waals surface area contributed by atoms with Crippen molar-refractivity contribution in [3.8, 4) is 0 Å². The highest BCUT2D eigenvalue weighted by Crippen LogP contribution is 2.39. The molecule has 0 amide bonds. The van der Waals surface area contributed by atoms with Gasteiger partial charge in [-0.15, -0.1) is 0 Å². The lowest BCUT2D eigenvalue weighted by molar-refractivity contribution is 0.0740. The number of hydrogen-bond donors (Lipinski definition) is 1. The molecule has 1 aliphatic rings. The van der Waals surface area contributed by atoms with Crippen LogP contribution >= 0.6 is 0 Å². The summed E-state index contributed by atoms with van der Waals surface area (Å²) in [4.78, 5) is 2.31. The highest BCUT2D eigenvalue weighted by Gasteiger charge is 2.34. The summed E-state index contributed by atoms with van der Waals surface area (Å²) in [5, 5.41) is 9.88. The summed E-state index contributed by atoms with van der Waals surface area (Å²) in [5.41, 5.74) is 2.74. The third-order valence-corrected chi connectivity index (χ3v) is 5.03. The van der Waals surface area contributed by atoms with Gasteiger partial charge in [-0.25, -0.2) is 0 Å². The quantitative estimate of drug-likeness (QED) is 0.881. The summed E-state index contributed by atoms with van der Waals surface area (Å²) < 4.78 is 0. The minimum atomic E-state index is 0.102. The maximum Gasteiger partial charge on any atom is 0.0504 e. The van der Waals surface area contributed by atoms with Crippen LogP contribution in [0.2, 0.25) is 0 Å². The molecule has 1 aromatic carbocycles. The lowest BCUT2D eigenvalue weighted by atomic mass is 9.71. The van der Waals surface area contributed by atoms with Crippen LogP contribution in [0.1, 0.15) is 45.1 Å². The van der Waals surface area contributed by atoms with E-state index in [4.69, 9.17) is 0 Å². The molecule has 0 saturated heterocycles. The first kappa shape index (κ1) is 15.4. The molecule has 1 N–H and O–H groups in total. The summed E-state index contributed by atoms with van der Waals surface area (Å²) >= 11 is 0. The molecule has 0 unspecified atom stereocenters. The van der Waals surface area contributed by atoms with Crippen molar-refractivity contribution in [1.82, 2.24) is 0 Å². The van der Waals surface area contributed by atoms with Gasteiger partial charge in [-0.2, -0.15) is 0 Å². The van der Waals surface area contributed by atoms with E-state index >= 15 is 0 Å². The van der Waals surface area contributed by atoms with Crippen molar-refractivity contribution in [1.29, 1.82) is 0 Å².